The van der Waals surface area contributed by atoms with E-state index in [9.17, 15) is 0 Å². The third kappa shape index (κ3) is 3.17. The minimum absolute atomic E-state index is 0.00846. The summed E-state index contributed by atoms with van der Waals surface area (Å²) in [6.07, 6.45) is 2.33. The topological polar surface area (TPSA) is 42.7 Å². The zero-order chi connectivity index (χ0) is 14.9. The van der Waals surface area contributed by atoms with Crippen molar-refractivity contribution in [1.29, 1.82) is 0 Å². The molecule has 0 amide bonds. The first-order valence-corrected chi connectivity index (χ1v) is 7.65. The molecule has 0 aromatic carbocycles. The van der Waals surface area contributed by atoms with Crippen molar-refractivity contribution in [3.05, 3.63) is 43.9 Å². The Morgan fingerprint density at radius 1 is 1.45 bits per heavy atom. The summed E-state index contributed by atoms with van der Waals surface area (Å²) in [7, 11) is 3.81. The lowest BCUT2D eigenvalue weighted by Crippen LogP contribution is -2.21. The number of rotatable bonds is 4. The molecular formula is C13H15BrCl2N4. The van der Waals surface area contributed by atoms with E-state index in [1.807, 2.05) is 25.7 Å². The molecule has 0 saturated carbocycles. The third-order valence-electron chi connectivity index (χ3n) is 3.17. The molecule has 0 saturated heterocycles. The summed E-state index contributed by atoms with van der Waals surface area (Å²) in [5.41, 5.74) is 2.84. The number of halogens is 3. The fourth-order valence-electron chi connectivity index (χ4n) is 2.11. The van der Waals surface area contributed by atoms with Crippen molar-refractivity contribution in [1.82, 2.24) is 20.1 Å². The highest BCUT2D eigenvalue weighted by molar-refractivity contribution is 9.10. The highest BCUT2D eigenvalue weighted by atomic mass is 79.9. The highest BCUT2D eigenvalue weighted by Crippen LogP contribution is 2.29. The molecule has 0 aliphatic heterocycles. The molecule has 0 spiro atoms. The number of hydrogen-bond acceptors (Lipinski definition) is 3. The zero-order valence-electron chi connectivity index (χ0n) is 11.4. The van der Waals surface area contributed by atoms with Gasteiger partial charge in [-0.05, 0) is 36.0 Å². The largest absolute Gasteiger partial charge is 0.311 e. The van der Waals surface area contributed by atoms with Gasteiger partial charge in [0, 0.05) is 19.7 Å². The molecule has 0 fully saturated rings. The number of aryl methyl sites for hydroxylation is 2. The maximum atomic E-state index is 6.23. The Morgan fingerprint density at radius 2 is 2.15 bits per heavy atom. The maximum absolute atomic E-state index is 6.23. The summed E-state index contributed by atoms with van der Waals surface area (Å²) in [5, 5.41) is 8.73. The van der Waals surface area contributed by atoms with Crippen LogP contribution in [0.2, 0.25) is 10.0 Å². The van der Waals surface area contributed by atoms with Gasteiger partial charge in [-0.3, -0.25) is 9.67 Å². The molecule has 108 valence electrons. The molecule has 2 aromatic heterocycles. The normalized spacial score (nSPS) is 12.7. The Bertz CT molecular complexity index is 627. The van der Waals surface area contributed by atoms with Gasteiger partial charge in [-0.25, -0.2) is 0 Å². The number of hydrogen-bond donors (Lipinski definition) is 1. The van der Waals surface area contributed by atoms with E-state index in [1.54, 1.807) is 12.3 Å². The van der Waals surface area contributed by atoms with E-state index in [1.165, 1.54) is 0 Å². The predicted molar refractivity (Wildman–Crippen MR) is 85.4 cm³/mol. The number of nitrogens with zero attached hydrogens (tertiary/aromatic N) is 3. The van der Waals surface area contributed by atoms with Crippen LogP contribution in [0.3, 0.4) is 0 Å². The average Bonchev–Trinajstić information content (AvgIpc) is 2.62. The molecule has 0 bridgehead atoms. The van der Waals surface area contributed by atoms with Gasteiger partial charge >= 0.3 is 0 Å². The van der Waals surface area contributed by atoms with Crippen LogP contribution >= 0.6 is 39.1 Å². The molecule has 2 aromatic rings. The summed E-state index contributed by atoms with van der Waals surface area (Å²) in [6, 6.07) is 1.70. The van der Waals surface area contributed by atoms with Crippen LogP contribution in [-0.2, 0) is 13.5 Å². The summed E-state index contributed by atoms with van der Waals surface area (Å²) < 4.78 is 2.89. The van der Waals surface area contributed by atoms with E-state index in [-0.39, 0.29) is 6.04 Å². The Labute approximate surface area is 136 Å². The van der Waals surface area contributed by atoms with Gasteiger partial charge in [-0.15, -0.1) is 0 Å². The number of nitrogens with one attached hydrogen (secondary N) is 1. The molecular weight excluding hydrogens is 363 g/mol. The SMILES string of the molecule is CNC(Cc1c(Br)c(C)nn1C)c1ncc(Cl)cc1Cl. The molecule has 1 N–H and O–H groups in total. The molecule has 20 heavy (non-hydrogen) atoms. The van der Waals surface area contributed by atoms with Crippen LogP contribution in [-0.4, -0.2) is 21.8 Å². The first-order chi connectivity index (χ1) is 9.43. The Morgan fingerprint density at radius 3 is 2.65 bits per heavy atom. The summed E-state index contributed by atoms with van der Waals surface area (Å²) in [4.78, 5) is 4.34. The van der Waals surface area contributed by atoms with Gasteiger partial charge in [-0.2, -0.15) is 5.10 Å². The quantitative estimate of drug-likeness (QED) is 0.883. The van der Waals surface area contributed by atoms with E-state index in [2.05, 4.69) is 31.3 Å². The second-order valence-electron chi connectivity index (χ2n) is 4.54. The fourth-order valence-corrected chi connectivity index (χ4v) is 3.12. The average molecular weight is 378 g/mol. The standard InChI is InChI=1S/C13H15BrCl2N4/c1-7-12(14)11(20(3)19-7)5-10(17-2)13-9(16)4-8(15)6-18-13/h4,6,10,17H,5H2,1-3H3. The zero-order valence-corrected chi connectivity index (χ0v) is 14.5. The van der Waals surface area contributed by atoms with Crippen molar-refractivity contribution >= 4 is 39.1 Å². The summed E-state index contributed by atoms with van der Waals surface area (Å²) in [6.45, 7) is 1.97. The molecule has 4 nitrogen and oxygen atoms in total. The smallest absolute Gasteiger partial charge is 0.0764 e. The van der Waals surface area contributed by atoms with Crippen molar-refractivity contribution in [3.63, 3.8) is 0 Å². The van der Waals surface area contributed by atoms with Crippen LogP contribution in [0.1, 0.15) is 23.1 Å². The van der Waals surface area contributed by atoms with Crippen LogP contribution < -0.4 is 5.32 Å². The van der Waals surface area contributed by atoms with Crippen molar-refractivity contribution in [3.8, 4) is 0 Å². The predicted octanol–water partition coefficient (Wildman–Crippen LogP) is 3.70. The second kappa shape index (κ2) is 6.43. The molecule has 2 rings (SSSR count). The lowest BCUT2D eigenvalue weighted by molar-refractivity contribution is 0.548. The maximum Gasteiger partial charge on any atom is 0.0764 e. The Kier molecular flexibility index (Phi) is 5.07. The minimum atomic E-state index is -0.00846. The molecule has 1 atom stereocenters. The minimum Gasteiger partial charge on any atom is -0.311 e. The van der Waals surface area contributed by atoms with Crippen molar-refractivity contribution in [2.24, 2.45) is 7.05 Å². The lowest BCUT2D eigenvalue weighted by atomic mass is 10.1. The van der Waals surface area contributed by atoms with Gasteiger partial charge in [0.15, 0.2) is 0 Å². The van der Waals surface area contributed by atoms with Gasteiger partial charge in [-0.1, -0.05) is 23.2 Å². The third-order valence-corrected chi connectivity index (χ3v) is 4.71. The number of likely N-dealkylation sites (N-methyl/N-ethyl adjacent to an activating group) is 1. The van der Waals surface area contributed by atoms with Crippen LogP contribution in [0.5, 0.6) is 0 Å². The second-order valence-corrected chi connectivity index (χ2v) is 6.17. The van der Waals surface area contributed by atoms with E-state index >= 15 is 0 Å². The first kappa shape index (κ1) is 15.8. The first-order valence-electron chi connectivity index (χ1n) is 6.10. The summed E-state index contributed by atoms with van der Waals surface area (Å²) in [5.74, 6) is 0. The van der Waals surface area contributed by atoms with Crippen molar-refractivity contribution in [2.45, 2.75) is 19.4 Å². The number of pyridine rings is 1. The van der Waals surface area contributed by atoms with Crippen LogP contribution in [0.25, 0.3) is 0 Å². The van der Waals surface area contributed by atoms with Crippen LogP contribution in [0.4, 0.5) is 0 Å². The van der Waals surface area contributed by atoms with Gasteiger partial charge in [0.05, 0.1) is 37.6 Å². The fraction of sp³-hybridized carbons (Fsp3) is 0.385. The highest BCUT2D eigenvalue weighted by Gasteiger charge is 2.20. The van der Waals surface area contributed by atoms with Crippen molar-refractivity contribution < 1.29 is 0 Å². The Hall–Kier alpha value is -0.620. The van der Waals surface area contributed by atoms with Gasteiger partial charge < -0.3 is 5.32 Å². The van der Waals surface area contributed by atoms with Crippen molar-refractivity contribution in [2.75, 3.05) is 7.05 Å². The van der Waals surface area contributed by atoms with Gasteiger partial charge in [0.1, 0.15) is 0 Å². The Balaban J connectivity index is 2.33. The van der Waals surface area contributed by atoms with Crippen LogP contribution in [0, 0.1) is 6.92 Å². The molecule has 0 radical (unpaired) electrons. The van der Waals surface area contributed by atoms with Crippen LogP contribution in [0.15, 0.2) is 16.7 Å². The van der Waals surface area contributed by atoms with Gasteiger partial charge in [0.2, 0.25) is 0 Å². The van der Waals surface area contributed by atoms with E-state index in [0.29, 0.717) is 10.0 Å². The molecule has 1 unspecified atom stereocenters. The molecule has 0 aliphatic carbocycles. The van der Waals surface area contributed by atoms with E-state index in [4.69, 9.17) is 23.2 Å². The monoisotopic (exact) mass is 376 g/mol. The molecule has 2 heterocycles. The number of aromatic nitrogens is 3. The summed E-state index contributed by atoms with van der Waals surface area (Å²) >= 11 is 15.7. The van der Waals surface area contributed by atoms with E-state index < -0.39 is 0 Å². The van der Waals surface area contributed by atoms with E-state index in [0.717, 1.165) is 28.0 Å². The molecule has 0 aliphatic rings. The van der Waals surface area contributed by atoms with Gasteiger partial charge in [0.25, 0.3) is 0 Å². The lowest BCUT2D eigenvalue weighted by Gasteiger charge is -2.17. The molecule has 7 heteroatoms.